The topological polar surface area (TPSA) is 87.2 Å². The van der Waals surface area contributed by atoms with E-state index in [0.29, 0.717) is 43.5 Å². The molecule has 0 N–H and O–H groups in total. The Labute approximate surface area is 184 Å². The molecular weight excluding hydrogens is 418 g/mol. The first-order valence-corrected chi connectivity index (χ1v) is 12.7. The van der Waals surface area contributed by atoms with Crippen molar-refractivity contribution in [2.45, 2.75) is 50.3 Å². The van der Waals surface area contributed by atoms with Gasteiger partial charge in [0.05, 0.1) is 10.6 Å². The molecule has 9 heteroatoms. The van der Waals surface area contributed by atoms with Crippen molar-refractivity contribution in [1.82, 2.24) is 9.21 Å². The second kappa shape index (κ2) is 9.16. The highest BCUT2D eigenvalue weighted by Gasteiger charge is 2.33. The Morgan fingerprint density at radius 2 is 1.84 bits per heavy atom. The lowest BCUT2D eigenvalue weighted by Crippen LogP contribution is -2.48. The SMILES string of the molecule is C[C@H]1CCCN(C(=O)CN2C(=O)COc3ccc(S(=O)(=O)N4CCCCCC4)cc32)C1. The number of sulfonamides is 1. The number of hydrogen-bond acceptors (Lipinski definition) is 5. The van der Waals surface area contributed by atoms with Crippen molar-refractivity contribution < 1.29 is 22.7 Å². The molecular formula is C22H31N3O5S. The molecule has 170 valence electrons. The number of fused-ring (bicyclic) bond motifs is 1. The molecule has 31 heavy (non-hydrogen) atoms. The maximum atomic E-state index is 13.2. The van der Waals surface area contributed by atoms with Gasteiger partial charge in [-0.15, -0.1) is 0 Å². The summed E-state index contributed by atoms with van der Waals surface area (Å²) in [6, 6.07) is 4.60. The minimum absolute atomic E-state index is 0.102. The Morgan fingerprint density at radius 1 is 1.10 bits per heavy atom. The van der Waals surface area contributed by atoms with E-state index in [1.165, 1.54) is 21.3 Å². The molecule has 2 saturated heterocycles. The van der Waals surface area contributed by atoms with Crippen LogP contribution in [0.3, 0.4) is 0 Å². The van der Waals surface area contributed by atoms with Crippen LogP contribution in [-0.4, -0.2) is 68.8 Å². The number of rotatable bonds is 4. The standard InChI is InChI=1S/C22H31N3O5S/c1-17-7-6-10-23(14-17)21(26)15-25-19-13-18(8-9-20(19)30-16-22(25)27)31(28,29)24-11-4-2-3-5-12-24/h8-9,13,17H,2-7,10-12,14-16H2,1H3/t17-/m0/s1. The summed E-state index contributed by atoms with van der Waals surface area (Å²) < 4.78 is 33.5. The third kappa shape index (κ3) is 4.72. The maximum absolute atomic E-state index is 13.2. The lowest BCUT2D eigenvalue weighted by molar-refractivity contribution is -0.133. The van der Waals surface area contributed by atoms with Crippen molar-refractivity contribution >= 4 is 27.5 Å². The third-order valence-corrected chi connectivity index (χ3v) is 8.27. The van der Waals surface area contributed by atoms with Crippen LogP contribution in [0, 0.1) is 5.92 Å². The number of amides is 2. The zero-order chi connectivity index (χ0) is 22.0. The monoisotopic (exact) mass is 449 g/mol. The Balaban J connectivity index is 1.59. The molecule has 2 fully saturated rings. The van der Waals surface area contributed by atoms with Crippen LogP contribution in [0.15, 0.2) is 23.1 Å². The molecule has 3 heterocycles. The molecule has 0 unspecified atom stereocenters. The van der Waals surface area contributed by atoms with Gasteiger partial charge in [0.1, 0.15) is 12.3 Å². The molecule has 0 aromatic heterocycles. The predicted octanol–water partition coefficient (Wildman–Crippen LogP) is 2.24. The summed E-state index contributed by atoms with van der Waals surface area (Å²) in [5, 5.41) is 0. The van der Waals surface area contributed by atoms with E-state index in [1.807, 2.05) is 0 Å². The van der Waals surface area contributed by atoms with Crippen LogP contribution in [0.2, 0.25) is 0 Å². The van der Waals surface area contributed by atoms with E-state index < -0.39 is 10.0 Å². The fraction of sp³-hybridized carbons (Fsp3) is 0.636. The van der Waals surface area contributed by atoms with Crippen molar-refractivity contribution in [3.05, 3.63) is 18.2 Å². The second-order valence-electron chi connectivity index (χ2n) is 8.80. The number of ether oxygens (including phenoxy) is 1. The molecule has 0 spiro atoms. The number of hydrogen-bond donors (Lipinski definition) is 0. The van der Waals surface area contributed by atoms with Gasteiger partial charge in [-0.25, -0.2) is 8.42 Å². The fourth-order valence-corrected chi connectivity index (χ4v) is 6.14. The number of benzene rings is 1. The zero-order valence-corrected chi connectivity index (χ0v) is 18.9. The van der Waals surface area contributed by atoms with Gasteiger partial charge in [-0.2, -0.15) is 4.31 Å². The van der Waals surface area contributed by atoms with Crippen molar-refractivity contribution in [3.8, 4) is 5.75 Å². The van der Waals surface area contributed by atoms with E-state index in [2.05, 4.69) is 6.92 Å². The van der Waals surface area contributed by atoms with Gasteiger partial charge < -0.3 is 9.64 Å². The van der Waals surface area contributed by atoms with E-state index in [9.17, 15) is 18.0 Å². The smallest absolute Gasteiger partial charge is 0.265 e. The molecule has 8 nitrogen and oxygen atoms in total. The zero-order valence-electron chi connectivity index (χ0n) is 18.1. The molecule has 0 aliphatic carbocycles. The van der Waals surface area contributed by atoms with Gasteiger partial charge in [-0.1, -0.05) is 19.8 Å². The summed E-state index contributed by atoms with van der Waals surface area (Å²) in [5.74, 6) is 0.411. The lowest BCUT2D eigenvalue weighted by Gasteiger charge is -2.34. The first-order valence-electron chi connectivity index (χ1n) is 11.2. The summed E-state index contributed by atoms with van der Waals surface area (Å²) >= 11 is 0. The largest absolute Gasteiger partial charge is 0.482 e. The highest BCUT2D eigenvalue weighted by atomic mass is 32.2. The molecule has 4 rings (SSSR count). The van der Waals surface area contributed by atoms with Gasteiger partial charge in [0.2, 0.25) is 15.9 Å². The van der Waals surface area contributed by atoms with Crippen molar-refractivity contribution in [2.24, 2.45) is 5.92 Å². The van der Waals surface area contributed by atoms with Crippen LogP contribution in [0.5, 0.6) is 5.75 Å². The molecule has 3 aliphatic rings. The lowest BCUT2D eigenvalue weighted by atomic mass is 10.0. The average Bonchev–Trinajstić information content (AvgIpc) is 3.05. The van der Waals surface area contributed by atoms with Crippen LogP contribution in [0.4, 0.5) is 5.69 Å². The Kier molecular flexibility index (Phi) is 6.52. The summed E-state index contributed by atoms with van der Waals surface area (Å²) in [4.78, 5) is 28.8. The van der Waals surface area contributed by atoms with Gasteiger partial charge in [0.25, 0.3) is 5.91 Å². The predicted molar refractivity (Wildman–Crippen MR) is 116 cm³/mol. The summed E-state index contributed by atoms with van der Waals surface area (Å²) in [6.45, 7) is 4.25. The van der Waals surface area contributed by atoms with Gasteiger partial charge in [0.15, 0.2) is 6.61 Å². The van der Waals surface area contributed by atoms with E-state index in [1.54, 1.807) is 11.0 Å². The minimum Gasteiger partial charge on any atom is -0.482 e. The average molecular weight is 450 g/mol. The molecule has 0 radical (unpaired) electrons. The van der Waals surface area contributed by atoms with Gasteiger partial charge in [-0.3, -0.25) is 14.5 Å². The van der Waals surface area contributed by atoms with Crippen LogP contribution >= 0.6 is 0 Å². The van der Waals surface area contributed by atoms with Gasteiger partial charge >= 0.3 is 0 Å². The molecule has 0 bridgehead atoms. The summed E-state index contributed by atoms with van der Waals surface area (Å²) in [7, 11) is -3.67. The van der Waals surface area contributed by atoms with Gasteiger partial charge in [-0.05, 0) is 49.8 Å². The molecule has 0 saturated carbocycles. The van der Waals surface area contributed by atoms with Crippen LogP contribution in [-0.2, 0) is 19.6 Å². The van der Waals surface area contributed by atoms with Crippen molar-refractivity contribution in [3.63, 3.8) is 0 Å². The van der Waals surface area contributed by atoms with Gasteiger partial charge in [0, 0.05) is 26.2 Å². The summed E-state index contributed by atoms with van der Waals surface area (Å²) in [5.41, 5.74) is 0.352. The van der Waals surface area contributed by atoms with Crippen molar-refractivity contribution in [2.75, 3.05) is 44.2 Å². The number of anilines is 1. The number of carbonyl (C=O) groups excluding carboxylic acids is 2. The number of nitrogens with zero attached hydrogens (tertiary/aromatic N) is 3. The number of likely N-dealkylation sites (tertiary alicyclic amines) is 1. The highest BCUT2D eigenvalue weighted by Crippen LogP contribution is 2.35. The van der Waals surface area contributed by atoms with E-state index in [4.69, 9.17) is 4.74 Å². The molecule has 1 aromatic carbocycles. The third-order valence-electron chi connectivity index (χ3n) is 6.38. The number of piperidine rings is 1. The molecule has 3 aliphatic heterocycles. The first-order chi connectivity index (χ1) is 14.9. The van der Waals surface area contributed by atoms with E-state index >= 15 is 0 Å². The first kappa shape index (κ1) is 22.1. The molecule has 2 amide bonds. The Hall–Kier alpha value is -2.13. The Morgan fingerprint density at radius 3 is 2.55 bits per heavy atom. The quantitative estimate of drug-likeness (QED) is 0.704. The van der Waals surface area contributed by atoms with Crippen LogP contribution < -0.4 is 9.64 Å². The molecule has 1 aromatic rings. The van der Waals surface area contributed by atoms with Crippen LogP contribution in [0.25, 0.3) is 0 Å². The Bertz CT molecular complexity index is 940. The highest BCUT2D eigenvalue weighted by molar-refractivity contribution is 7.89. The minimum atomic E-state index is -3.67. The number of carbonyl (C=O) groups is 2. The normalized spacial score (nSPS) is 23.1. The maximum Gasteiger partial charge on any atom is 0.265 e. The second-order valence-corrected chi connectivity index (χ2v) is 10.7. The fourth-order valence-electron chi connectivity index (χ4n) is 4.60. The molecule has 1 atom stereocenters. The summed E-state index contributed by atoms with van der Waals surface area (Å²) in [6.07, 6.45) is 5.81. The van der Waals surface area contributed by atoms with E-state index in [-0.39, 0.29) is 29.9 Å². The van der Waals surface area contributed by atoms with E-state index in [0.717, 1.165) is 38.5 Å². The van der Waals surface area contributed by atoms with Crippen LogP contribution in [0.1, 0.15) is 45.4 Å². The van der Waals surface area contributed by atoms with Crippen molar-refractivity contribution in [1.29, 1.82) is 0 Å².